The molecule has 1 aromatic rings. The predicted octanol–water partition coefficient (Wildman–Crippen LogP) is 1.31. The summed E-state index contributed by atoms with van der Waals surface area (Å²) in [6.07, 6.45) is 0. The highest BCUT2D eigenvalue weighted by Gasteiger charge is 2.28. The third-order valence-corrected chi connectivity index (χ3v) is 6.26. The Balaban J connectivity index is 1.89. The number of methoxy groups -OCH3 is 1. The smallest absolute Gasteiger partial charge is 0.225 e. The average molecular weight is 384 g/mol. The van der Waals surface area contributed by atoms with Crippen molar-refractivity contribution in [2.45, 2.75) is 20.8 Å². The number of nitrogens with one attached hydrogen (secondary N) is 1. The quantitative estimate of drug-likeness (QED) is 0.801. The van der Waals surface area contributed by atoms with E-state index in [4.69, 9.17) is 4.74 Å². The summed E-state index contributed by atoms with van der Waals surface area (Å²) in [6.45, 7) is 7.59. The minimum atomic E-state index is -3.39. The molecule has 0 aliphatic carbocycles. The molecule has 1 saturated heterocycles. The molecule has 0 unspecified atom stereocenters. The number of hydrogen-bond donors (Lipinski definition) is 1. The molecule has 0 bridgehead atoms. The third-order valence-electron chi connectivity index (χ3n) is 4.38. The van der Waals surface area contributed by atoms with Crippen molar-refractivity contribution in [3.8, 4) is 5.75 Å². The number of nitrogens with zero attached hydrogens (tertiary/aromatic N) is 2. The molecule has 2 rings (SSSR count). The van der Waals surface area contributed by atoms with Crippen molar-refractivity contribution >= 4 is 21.6 Å². The average Bonchev–Trinajstić information content (AvgIpc) is 2.60. The molecule has 146 valence electrons. The Morgan fingerprint density at radius 2 is 1.77 bits per heavy atom. The summed E-state index contributed by atoms with van der Waals surface area (Å²) in [4.78, 5) is 14.0. The Labute approximate surface area is 156 Å². The fraction of sp³-hybridized carbons (Fsp3) is 0.611. The van der Waals surface area contributed by atoms with Crippen LogP contribution in [0, 0.1) is 5.41 Å². The molecular weight excluding hydrogens is 354 g/mol. The first kappa shape index (κ1) is 20.5. The number of amides is 1. The van der Waals surface area contributed by atoms with E-state index in [2.05, 4.69) is 10.2 Å². The molecular formula is C18H29N3O4S. The Morgan fingerprint density at radius 3 is 2.35 bits per heavy atom. The molecule has 1 N–H and O–H groups in total. The molecule has 1 aliphatic rings. The molecule has 1 fully saturated rings. The monoisotopic (exact) mass is 383 g/mol. The highest BCUT2D eigenvalue weighted by Crippen LogP contribution is 2.28. The van der Waals surface area contributed by atoms with Gasteiger partial charge in [0.15, 0.2) is 0 Å². The van der Waals surface area contributed by atoms with E-state index in [-0.39, 0.29) is 18.2 Å². The Kier molecular flexibility index (Phi) is 6.52. The molecule has 1 heterocycles. The first-order chi connectivity index (χ1) is 12.1. The molecule has 26 heavy (non-hydrogen) atoms. The number of rotatable bonds is 6. The van der Waals surface area contributed by atoms with Gasteiger partial charge >= 0.3 is 0 Å². The van der Waals surface area contributed by atoms with Crippen LogP contribution in [-0.2, 0) is 14.8 Å². The van der Waals surface area contributed by atoms with Crippen LogP contribution in [0.3, 0.4) is 0 Å². The molecule has 0 spiro atoms. The molecule has 1 aliphatic heterocycles. The van der Waals surface area contributed by atoms with Gasteiger partial charge in [-0.25, -0.2) is 8.42 Å². The molecule has 7 nitrogen and oxygen atoms in total. The van der Waals surface area contributed by atoms with Crippen molar-refractivity contribution in [3.63, 3.8) is 0 Å². The summed E-state index contributed by atoms with van der Waals surface area (Å²) in [7, 11) is -1.75. The zero-order valence-corrected chi connectivity index (χ0v) is 16.8. The van der Waals surface area contributed by atoms with E-state index in [1.54, 1.807) is 27.9 Å². The summed E-state index contributed by atoms with van der Waals surface area (Å²) in [5.74, 6) is 0.561. The highest BCUT2D eigenvalue weighted by atomic mass is 32.2. The van der Waals surface area contributed by atoms with Gasteiger partial charge in [-0.05, 0) is 12.1 Å². The van der Waals surface area contributed by atoms with Gasteiger partial charge in [-0.15, -0.1) is 0 Å². The van der Waals surface area contributed by atoms with Gasteiger partial charge in [-0.3, -0.25) is 4.79 Å². The van der Waals surface area contributed by atoms with E-state index in [0.717, 1.165) is 11.4 Å². The van der Waals surface area contributed by atoms with Crippen LogP contribution < -0.4 is 15.0 Å². The maximum absolute atomic E-state index is 12.5. The van der Waals surface area contributed by atoms with Crippen LogP contribution in [0.2, 0.25) is 0 Å². The van der Waals surface area contributed by atoms with Gasteiger partial charge in [0, 0.05) is 38.1 Å². The van der Waals surface area contributed by atoms with E-state index < -0.39 is 15.4 Å². The number of anilines is 1. The van der Waals surface area contributed by atoms with Crippen LogP contribution in [0.5, 0.6) is 5.75 Å². The van der Waals surface area contributed by atoms with E-state index in [9.17, 15) is 13.2 Å². The molecule has 0 radical (unpaired) electrons. The van der Waals surface area contributed by atoms with Crippen LogP contribution in [0.15, 0.2) is 24.3 Å². The SMILES string of the molecule is COc1ccccc1N1CCN(S(=O)(=O)CCNC(=O)C(C)(C)C)CC1. The number of hydrogen-bond acceptors (Lipinski definition) is 5. The lowest BCUT2D eigenvalue weighted by molar-refractivity contribution is -0.128. The first-order valence-electron chi connectivity index (χ1n) is 8.79. The van der Waals surface area contributed by atoms with Crippen molar-refractivity contribution in [2.75, 3.05) is 50.5 Å². The number of sulfonamides is 1. The van der Waals surface area contributed by atoms with Gasteiger partial charge < -0.3 is 15.0 Å². The number of para-hydroxylation sites is 2. The maximum atomic E-state index is 12.5. The Morgan fingerprint density at radius 1 is 1.15 bits per heavy atom. The van der Waals surface area contributed by atoms with Gasteiger partial charge in [0.05, 0.1) is 18.6 Å². The molecule has 0 atom stereocenters. The highest BCUT2D eigenvalue weighted by molar-refractivity contribution is 7.89. The van der Waals surface area contributed by atoms with Crippen molar-refractivity contribution in [2.24, 2.45) is 5.41 Å². The lowest BCUT2D eigenvalue weighted by Gasteiger charge is -2.36. The molecule has 1 aromatic carbocycles. The summed E-state index contributed by atoms with van der Waals surface area (Å²) in [6, 6.07) is 7.73. The molecule has 0 aromatic heterocycles. The second-order valence-corrected chi connectivity index (χ2v) is 9.47. The predicted molar refractivity (Wildman–Crippen MR) is 103 cm³/mol. The molecule has 0 saturated carbocycles. The third kappa shape index (κ3) is 5.11. The first-order valence-corrected chi connectivity index (χ1v) is 10.4. The van der Waals surface area contributed by atoms with Crippen LogP contribution in [0.4, 0.5) is 5.69 Å². The van der Waals surface area contributed by atoms with Gasteiger partial charge in [0.25, 0.3) is 0 Å². The number of piperazine rings is 1. The minimum Gasteiger partial charge on any atom is -0.495 e. The summed E-state index contributed by atoms with van der Waals surface area (Å²) in [5.41, 5.74) is 0.453. The summed E-state index contributed by atoms with van der Waals surface area (Å²) >= 11 is 0. The fourth-order valence-electron chi connectivity index (χ4n) is 2.79. The van der Waals surface area contributed by atoms with Crippen LogP contribution in [0.1, 0.15) is 20.8 Å². The Hall–Kier alpha value is -1.80. The van der Waals surface area contributed by atoms with Crippen LogP contribution in [-0.4, -0.2) is 64.2 Å². The Bertz CT molecular complexity index is 720. The van der Waals surface area contributed by atoms with E-state index in [1.807, 2.05) is 24.3 Å². The second-order valence-electron chi connectivity index (χ2n) is 7.38. The number of carbonyl (C=O) groups excluding carboxylic acids is 1. The van der Waals surface area contributed by atoms with Gasteiger partial charge in [-0.1, -0.05) is 32.9 Å². The zero-order valence-electron chi connectivity index (χ0n) is 16.0. The zero-order chi connectivity index (χ0) is 19.4. The standard InChI is InChI=1S/C18H29N3O4S/c1-18(2,3)17(22)19-9-14-26(23,24)21-12-10-20(11-13-21)15-7-5-6-8-16(15)25-4/h5-8H,9-14H2,1-4H3,(H,19,22). The van der Waals surface area contributed by atoms with Crippen LogP contribution >= 0.6 is 0 Å². The lowest BCUT2D eigenvalue weighted by Crippen LogP contribution is -2.50. The molecule has 8 heteroatoms. The second kappa shape index (κ2) is 8.26. The topological polar surface area (TPSA) is 79.0 Å². The number of ether oxygens (including phenoxy) is 1. The van der Waals surface area contributed by atoms with Gasteiger partial charge in [0.1, 0.15) is 5.75 Å². The minimum absolute atomic E-state index is 0.0799. The van der Waals surface area contributed by atoms with Crippen molar-refractivity contribution in [3.05, 3.63) is 24.3 Å². The van der Waals surface area contributed by atoms with Gasteiger partial charge in [-0.2, -0.15) is 4.31 Å². The van der Waals surface area contributed by atoms with Crippen LogP contribution in [0.25, 0.3) is 0 Å². The number of carbonyl (C=O) groups is 1. The summed E-state index contributed by atoms with van der Waals surface area (Å²) < 4.78 is 31.9. The van der Waals surface area contributed by atoms with E-state index in [0.29, 0.717) is 26.2 Å². The lowest BCUT2D eigenvalue weighted by atomic mass is 9.96. The van der Waals surface area contributed by atoms with Crippen molar-refractivity contribution in [1.82, 2.24) is 9.62 Å². The normalized spacial score (nSPS) is 16.4. The fourth-order valence-corrected chi connectivity index (χ4v) is 4.12. The van der Waals surface area contributed by atoms with Gasteiger partial charge in [0.2, 0.25) is 15.9 Å². The molecule has 1 amide bonds. The summed E-state index contributed by atoms with van der Waals surface area (Å²) in [5, 5.41) is 2.70. The van der Waals surface area contributed by atoms with E-state index in [1.165, 1.54) is 4.31 Å². The van der Waals surface area contributed by atoms with E-state index >= 15 is 0 Å². The van der Waals surface area contributed by atoms with Crippen molar-refractivity contribution in [1.29, 1.82) is 0 Å². The number of benzene rings is 1. The largest absolute Gasteiger partial charge is 0.495 e. The van der Waals surface area contributed by atoms with Crippen molar-refractivity contribution < 1.29 is 17.9 Å². The maximum Gasteiger partial charge on any atom is 0.225 e.